The van der Waals surface area contributed by atoms with E-state index in [1.807, 2.05) is 32.0 Å². The molecular formula is C20H29N5O2. The molecule has 0 aliphatic carbocycles. The van der Waals surface area contributed by atoms with Gasteiger partial charge in [0.1, 0.15) is 5.75 Å². The van der Waals surface area contributed by atoms with Crippen molar-refractivity contribution in [1.82, 2.24) is 20.6 Å². The topological polar surface area (TPSA) is 88.2 Å². The number of anilines is 1. The SMILES string of the molecule is CCCCC1C(=O)NC(Nc2nc(C)c3cc(OCC)ccc3n2)NC1C. The normalized spacial score (nSPS) is 22.5. The minimum atomic E-state index is -0.384. The predicted octanol–water partition coefficient (Wildman–Crippen LogP) is 2.95. The van der Waals surface area contributed by atoms with Crippen molar-refractivity contribution in [1.29, 1.82) is 0 Å². The highest BCUT2D eigenvalue weighted by molar-refractivity contribution is 5.83. The molecule has 2 heterocycles. The lowest BCUT2D eigenvalue weighted by atomic mass is 9.92. The van der Waals surface area contributed by atoms with Crippen LogP contribution in [0.4, 0.5) is 5.95 Å². The molecule has 1 aromatic carbocycles. The first kappa shape index (κ1) is 19.4. The smallest absolute Gasteiger partial charge is 0.227 e. The van der Waals surface area contributed by atoms with Crippen molar-refractivity contribution in [3.63, 3.8) is 0 Å². The molecule has 3 N–H and O–H groups in total. The van der Waals surface area contributed by atoms with Crippen LogP contribution in [0.3, 0.4) is 0 Å². The van der Waals surface area contributed by atoms with Gasteiger partial charge in [0.2, 0.25) is 11.9 Å². The minimum Gasteiger partial charge on any atom is -0.494 e. The van der Waals surface area contributed by atoms with Crippen molar-refractivity contribution in [2.24, 2.45) is 5.92 Å². The van der Waals surface area contributed by atoms with Crippen LogP contribution in [-0.4, -0.2) is 34.8 Å². The van der Waals surface area contributed by atoms with E-state index in [0.717, 1.165) is 41.6 Å². The Kier molecular flexibility index (Phi) is 6.11. The molecule has 0 saturated carbocycles. The zero-order chi connectivity index (χ0) is 19.4. The Labute approximate surface area is 160 Å². The fourth-order valence-electron chi connectivity index (χ4n) is 3.49. The molecule has 27 heavy (non-hydrogen) atoms. The largest absolute Gasteiger partial charge is 0.494 e. The zero-order valence-electron chi connectivity index (χ0n) is 16.5. The highest BCUT2D eigenvalue weighted by Crippen LogP contribution is 2.23. The number of carbonyl (C=O) groups excluding carboxylic acids is 1. The van der Waals surface area contributed by atoms with Crippen LogP contribution in [0, 0.1) is 12.8 Å². The Morgan fingerprint density at radius 1 is 1.26 bits per heavy atom. The standard InChI is InChI=1S/C20H29N5O2/c1-5-7-8-15-12(3)21-20(24-18(15)26)25-19-22-13(4)16-11-14(27-6-2)9-10-17(16)23-19/h9-12,15,20-21H,5-8H2,1-4H3,(H,24,26)(H,22,23,25). The molecule has 0 radical (unpaired) electrons. The third-order valence-electron chi connectivity index (χ3n) is 4.97. The molecule has 2 aromatic rings. The summed E-state index contributed by atoms with van der Waals surface area (Å²) in [4.78, 5) is 21.6. The molecule has 7 heteroatoms. The van der Waals surface area contributed by atoms with Crippen LogP contribution in [0.2, 0.25) is 0 Å². The predicted molar refractivity (Wildman–Crippen MR) is 107 cm³/mol. The Balaban J connectivity index is 1.73. The van der Waals surface area contributed by atoms with Gasteiger partial charge in [-0.15, -0.1) is 0 Å². The van der Waals surface area contributed by atoms with Gasteiger partial charge in [-0.05, 0) is 45.4 Å². The number of hydrogen-bond donors (Lipinski definition) is 3. The molecule has 1 amide bonds. The van der Waals surface area contributed by atoms with Crippen LogP contribution < -0.4 is 20.7 Å². The third kappa shape index (κ3) is 4.47. The van der Waals surface area contributed by atoms with E-state index in [2.05, 4.69) is 39.8 Å². The molecule has 3 atom stereocenters. The van der Waals surface area contributed by atoms with Gasteiger partial charge in [-0.25, -0.2) is 9.97 Å². The summed E-state index contributed by atoms with van der Waals surface area (Å²) in [5.74, 6) is 1.37. The first-order valence-electron chi connectivity index (χ1n) is 9.76. The van der Waals surface area contributed by atoms with E-state index in [9.17, 15) is 4.79 Å². The highest BCUT2D eigenvalue weighted by Gasteiger charge is 2.33. The van der Waals surface area contributed by atoms with Crippen molar-refractivity contribution in [2.45, 2.75) is 59.3 Å². The lowest BCUT2D eigenvalue weighted by Crippen LogP contribution is -2.63. The summed E-state index contributed by atoms with van der Waals surface area (Å²) < 4.78 is 5.55. The summed E-state index contributed by atoms with van der Waals surface area (Å²) in [6.07, 6.45) is 2.66. The van der Waals surface area contributed by atoms with E-state index in [1.54, 1.807) is 0 Å². The number of carbonyl (C=O) groups is 1. The number of aryl methyl sites for hydroxylation is 1. The van der Waals surface area contributed by atoms with Gasteiger partial charge in [-0.3, -0.25) is 10.1 Å². The van der Waals surface area contributed by atoms with Crippen molar-refractivity contribution in [2.75, 3.05) is 11.9 Å². The van der Waals surface area contributed by atoms with Gasteiger partial charge in [0.05, 0.1) is 23.7 Å². The Morgan fingerprint density at radius 2 is 2.07 bits per heavy atom. The lowest BCUT2D eigenvalue weighted by Gasteiger charge is -2.36. The van der Waals surface area contributed by atoms with Gasteiger partial charge >= 0.3 is 0 Å². The summed E-state index contributed by atoms with van der Waals surface area (Å²) in [6, 6.07) is 5.89. The Hall–Kier alpha value is -2.41. The molecular weight excluding hydrogens is 342 g/mol. The molecule has 0 spiro atoms. The minimum absolute atomic E-state index is 0.000699. The monoisotopic (exact) mass is 371 g/mol. The average Bonchev–Trinajstić information content (AvgIpc) is 2.62. The van der Waals surface area contributed by atoms with E-state index in [4.69, 9.17) is 4.74 Å². The second-order valence-electron chi connectivity index (χ2n) is 7.03. The fourth-order valence-corrected chi connectivity index (χ4v) is 3.49. The number of nitrogens with one attached hydrogen (secondary N) is 3. The van der Waals surface area contributed by atoms with E-state index in [1.165, 1.54) is 0 Å². The zero-order valence-corrected chi connectivity index (χ0v) is 16.5. The first-order valence-corrected chi connectivity index (χ1v) is 9.76. The van der Waals surface area contributed by atoms with E-state index >= 15 is 0 Å². The molecule has 1 aliphatic heterocycles. The number of unbranched alkanes of at least 4 members (excludes halogenated alkanes) is 1. The van der Waals surface area contributed by atoms with Crippen molar-refractivity contribution in [3.8, 4) is 5.75 Å². The number of amides is 1. The highest BCUT2D eigenvalue weighted by atomic mass is 16.5. The van der Waals surface area contributed by atoms with E-state index < -0.39 is 0 Å². The van der Waals surface area contributed by atoms with Crippen LogP contribution in [0.15, 0.2) is 18.2 Å². The van der Waals surface area contributed by atoms with Gasteiger partial charge in [0.15, 0.2) is 6.29 Å². The quantitative estimate of drug-likeness (QED) is 0.694. The van der Waals surface area contributed by atoms with Crippen molar-refractivity contribution >= 4 is 22.8 Å². The summed E-state index contributed by atoms with van der Waals surface area (Å²) >= 11 is 0. The van der Waals surface area contributed by atoms with Gasteiger partial charge in [0, 0.05) is 11.4 Å². The van der Waals surface area contributed by atoms with Crippen LogP contribution in [0.1, 0.15) is 45.7 Å². The third-order valence-corrected chi connectivity index (χ3v) is 4.97. The molecule has 7 nitrogen and oxygen atoms in total. The molecule has 0 bridgehead atoms. The lowest BCUT2D eigenvalue weighted by molar-refractivity contribution is -0.129. The molecule has 3 unspecified atom stereocenters. The fraction of sp³-hybridized carbons (Fsp3) is 0.550. The molecule has 1 fully saturated rings. The number of fused-ring (bicyclic) bond motifs is 1. The second-order valence-corrected chi connectivity index (χ2v) is 7.03. The maximum absolute atomic E-state index is 12.4. The van der Waals surface area contributed by atoms with Crippen LogP contribution in [0.5, 0.6) is 5.75 Å². The van der Waals surface area contributed by atoms with Crippen molar-refractivity contribution in [3.05, 3.63) is 23.9 Å². The summed E-state index contributed by atoms with van der Waals surface area (Å²) in [6.45, 7) is 8.71. The Morgan fingerprint density at radius 3 is 2.78 bits per heavy atom. The van der Waals surface area contributed by atoms with Gasteiger partial charge < -0.3 is 15.4 Å². The average molecular weight is 371 g/mol. The maximum Gasteiger partial charge on any atom is 0.227 e. The summed E-state index contributed by atoms with van der Waals surface area (Å²) in [5.41, 5.74) is 1.70. The maximum atomic E-state index is 12.4. The molecule has 1 aliphatic rings. The van der Waals surface area contributed by atoms with Gasteiger partial charge in [0.25, 0.3) is 0 Å². The number of benzene rings is 1. The summed E-state index contributed by atoms with van der Waals surface area (Å²) in [5, 5.41) is 10.5. The van der Waals surface area contributed by atoms with Crippen molar-refractivity contribution < 1.29 is 9.53 Å². The van der Waals surface area contributed by atoms with E-state index in [-0.39, 0.29) is 24.2 Å². The summed E-state index contributed by atoms with van der Waals surface area (Å²) in [7, 11) is 0. The van der Waals surface area contributed by atoms with Crippen LogP contribution >= 0.6 is 0 Å². The van der Waals surface area contributed by atoms with Crippen LogP contribution in [-0.2, 0) is 4.79 Å². The Bertz CT molecular complexity index is 810. The van der Waals surface area contributed by atoms with E-state index in [0.29, 0.717) is 12.6 Å². The van der Waals surface area contributed by atoms with Gasteiger partial charge in [-0.1, -0.05) is 19.8 Å². The molecule has 3 rings (SSSR count). The molecule has 1 saturated heterocycles. The van der Waals surface area contributed by atoms with Crippen LogP contribution in [0.25, 0.3) is 10.9 Å². The number of hydrogen-bond acceptors (Lipinski definition) is 6. The molecule has 146 valence electrons. The number of ether oxygens (including phenoxy) is 1. The number of aromatic nitrogens is 2. The number of rotatable bonds is 7. The first-order chi connectivity index (χ1) is 13.0. The number of nitrogens with zero attached hydrogens (tertiary/aromatic N) is 2. The molecule has 1 aromatic heterocycles. The second kappa shape index (κ2) is 8.52. The van der Waals surface area contributed by atoms with Gasteiger partial charge in [-0.2, -0.15) is 0 Å².